The SMILES string of the molecule is Cc1ccc(C(=O)/C=C/c2c(Cl)cccc2Cl)cc1. The molecule has 0 bridgehead atoms. The minimum Gasteiger partial charge on any atom is -0.289 e. The zero-order chi connectivity index (χ0) is 13.8. The van der Waals surface area contributed by atoms with Crippen molar-refractivity contribution in [2.24, 2.45) is 0 Å². The van der Waals surface area contributed by atoms with E-state index in [2.05, 4.69) is 0 Å². The van der Waals surface area contributed by atoms with E-state index in [-0.39, 0.29) is 5.78 Å². The Morgan fingerprint density at radius 2 is 1.58 bits per heavy atom. The number of ketones is 1. The number of carbonyl (C=O) groups is 1. The Kier molecular flexibility index (Phi) is 4.41. The number of hydrogen-bond donors (Lipinski definition) is 0. The fourth-order valence-electron chi connectivity index (χ4n) is 1.64. The fraction of sp³-hybridized carbons (Fsp3) is 0.0625. The van der Waals surface area contributed by atoms with Crippen LogP contribution in [-0.4, -0.2) is 5.78 Å². The van der Waals surface area contributed by atoms with E-state index in [1.54, 1.807) is 36.4 Å². The molecule has 0 fully saturated rings. The summed E-state index contributed by atoms with van der Waals surface area (Å²) in [7, 11) is 0. The molecule has 0 saturated heterocycles. The number of aryl methyl sites for hydroxylation is 1. The molecule has 0 radical (unpaired) electrons. The van der Waals surface area contributed by atoms with Gasteiger partial charge in [0.2, 0.25) is 0 Å². The number of halogens is 2. The molecule has 1 nitrogen and oxygen atoms in total. The minimum atomic E-state index is -0.0732. The highest BCUT2D eigenvalue weighted by Gasteiger charge is 2.04. The lowest BCUT2D eigenvalue weighted by Gasteiger charge is -2.01. The summed E-state index contributed by atoms with van der Waals surface area (Å²) < 4.78 is 0. The Bertz CT molecular complexity index is 607. The third-order valence-corrected chi connectivity index (χ3v) is 3.40. The van der Waals surface area contributed by atoms with Crippen LogP contribution >= 0.6 is 23.2 Å². The van der Waals surface area contributed by atoms with Gasteiger partial charge in [-0.05, 0) is 31.2 Å². The van der Waals surface area contributed by atoms with Gasteiger partial charge in [0.25, 0.3) is 0 Å². The van der Waals surface area contributed by atoms with Crippen LogP contribution in [0, 0.1) is 6.92 Å². The van der Waals surface area contributed by atoms with Crippen molar-refractivity contribution in [2.75, 3.05) is 0 Å². The molecule has 0 saturated carbocycles. The first-order valence-corrected chi connectivity index (χ1v) is 6.56. The smallest absolute Gasteiger partial charge is 0.185 e. The van der Waals surface area contributed by atoms with Crippen LogP contribution in [0.15, 0.2) is 48.5 Å². The van der Waals surface area contributed by atoms with Crippen molar-refractivity contribution in [3.63, 3.8) is 0 Å². The lowest BCUT2D eigenvalue weighted by atomic mass is 10.1. The summed E-state index contributed by atoms with van der Waals surface area (Å²) >= 11 is 12.1. The van der Waals surface area contributed by atoms with Crippen LogP contribution in [0.3, 0.4) is 0 Å². The summed E-state index contributed by atoms with van der Waals surface area (Å²) in [6.45, 7) is 1.98. The lowest BCUT2D eigenvalue weighted by molar-refractivity contribution is 0.104. The first-order valence-electron chi connectivity index (χ1n) is 5.81. The Hall–Kier alpha value is -1.57. The summed E-state index contributed by atoms with van der Waals surface area (Å²) in [4.78, 5) is 12.0. The monoisotopic (exact) mass is 290 g/mol. The number of rotatable bonds is 3. The summed E-state index contributed by atoms with van der Waals surface area (Å²) in [6, 6.07) is 12.7. The van der Waals surface area contributed by atoms with Crippen LogP contribution in [0.4, 0.5) is 0 Å². The maximum absolute atomic E-state index is 12.0. The molecule has 0 aliphatic carbocycles. The topological polar surface area (TPSA) is 17.1 Å². The van der Waals surface area contributed by atoms with E-state index in [0.29, 0.717) is 21.2 Å². The second-order valence-electron chi connectivity index (χ2n) is 4.20. The number of allylic oxidation sites excluding steroid dienone is 1. The summed E-state index contributed by atoms with van der Waals surface area (Å²) in [5, 5.41) is 1.06. The Labute approximate surface area is 122 Å². The average Bonchev–Trinajstić information content (AvgIpc) is 2.38. The fourth-order valence-corrected chi connectivity index (χ4v) is 2.17. The molecule has 0 heterocycles. The zero-order valence-corrected chi connectivity index (χ0v) is 11.9. The van der Waals surface area contributed by atoms with Gasteiger partial charge in [-0.25, -0.2) is 0 Å². The summed E-state index contributed by atoms with van der Waals surface area (Å²) in [5.41, 5.74) is 2.42. The Morgan fingerprint density at radius 3 is 2.16 bits per heavy atom. The largest absolute Gasteiger partial charge is 0.289 e. The molecule has 2 rings (SSSR count). The van der Waals surface area contributed by atoms with E-state index >= 15 is 0 Å². The van der Waals surface area contributed by atoms with Crippen LogP contribution < -0.4 is 0 Å². The molecule has 0 atom stereocenters. The van der Waals surface area contributed by atoms with E-state index in [9.17, 15) is 4.79 Å². The van der Waals surface area contributed by atoms with Gasteiger partial charge in [0, 0.05) is 21.2 Å². The predicted octanol–water partition coefficient (Wildman–Crippen LogP) is 5.20. The number of benzene rings is 2. The molecule has 19 heavy (non-hydrogen) atoms. The van der Waals surface area contributed by atoms with Gasteiger partial charge in [-0.15, -0.1) is 0 Å². The molecular weight excluding hydrogens is 279 g/mol. The van der Waals surface area contributed by atoms with Crippen LogP contribution in [0.25, 0.3) is 6.08 Å². The van der Waals surface area contributed by atoms with Crippen LogP contribution in [0.5, 0.6) is 0 Å². The van der Waals surface area contributed by atoms with Crippen LogP contribution in [0.1, 0.15) is 21.5 Å². The van der Waals surface area contributed by atoms with E-state index in [1.807, 2.05) is 19.1 Å². The maximum atomic E-state index is 12.0. The standard InChI is InChI=1S/C16H12Cl2O/c1-11-5-7-12(8-6-11)16(19)10-9-13-14(17)3-2-4-15(13)18/h2-10H,1H3/b10-9+. The van der Waals surface area contributed by atoms with E-state index < -0.39 is 0 Å². The second kappa shape index (κ2) is 6.05. The molecule has 0 spiro atoms. The van der Waals surface area contributed by atoms with Gasteiger partial charge in [-0.1, -0.05) is 59.1 Å². The zero-order valence-electron chi connectivity index (χ0n) is 10.4. The van der Waals surface area contributed by atoms with Gasteiger partial charge in [0.15, 0.2) is 5.78 Å². The predicted molar refractivity (Wildman–Crippen MR) is 81.0 cm³/mol. The maximum Gasteiger partial charge on any atom is 0.185 e. The van der Waals surface area contributed by atoms with E-state index in [4.69, 9.17) is 23.2 Å². The van der Waals surface area contributed by atoms with Crippen molar-refractivity contribution < 1.29 is 4.79 Å². The van der Waals surface area contributed by atoms with Crippen molar-refractivity contribution in [2.45, 2.75) is 6.92 Å². The van der Waals surface area contributed by atoms with Gasteiger partial charge in [-0.3, -0.25) is 4.79 Å². The molecule has 0 aliphatic rings. The quantitative estimate of drug-likeness (QED) is 0.561. The molecule has 3 heteroatoms. The normalized spacial score (nSPS) is 10.9. The van der Waals surface area contributed by atoms with Crippen molar-refractivity contribution >= 4 is 35.1 Å². The van der Waals surface area contributed by atoms with Crippen molar-refractivity contribution in [1.82, 2.24) is 0 Å². The molecule has 96 valence electrons. The molecule has 0 aromatic heterocycles. The highest BCUT2D eigenvalue weighted by Crippen LogP contribution is 2.25. The van der Waals surface area contributed by atoms with Crippen LogP contribution in [-0.2, 0) is 0 Å². The molecule has 0 aliphatic heterocycles. The molecule has 2 aromatic rings. The number of carbonyl (C=O) groups excluding carboxylic acids is 1. The first kappa shape index (κ1) is 13.9. The highest BCUT2D eigenvalue weighted by atomic mass is 35.5. The Morgan fingerprint density at radius 1 is 1.00 bits per heavy atom. The van der Waals surface area contributed by atoms with Crippen molar-refractivity contribution in [1.29, 1.82) is 0 Å². The lowest BCUT2D eigenvalue weighted by Crippen LogP contribution is -1.93. The van der Waals surface area contributed by atoms with Gasteiger partial charge in [0.1, 0.15) is 0 Å². The molecule has 0 N–H and O–H groups in total. The van der Waals surface area contributed by atoms with Gasteiger partial charge in [-0.2, -0.15) is 0 Å². The molecule has 2 aromatic carbocycles. The first-order chi connectivity index (χ1) is 9.08. The highest BCUT2D eigenvalue weighted by molar-refractivity contribution is 6.37. The van der Waals surface area contributed by atoms with Gasteiger partial charge >= 0.3 is 0 Å². The van der Waals surface area contributed by atoms with E-state index in [0.717, 1.165) is 5.56 Å². The van der Waals surface area contributed by atoms with Gasteiger partial charge < -0.3 is 0 Å². The van der Waals surface area contributed by atoms with Gasteiger partial charge in [0.05, 0.1) is 0 Å². The Balaban J connectivity index is 2.23. The van der Waals surface area contributed by atoms with Crippen molar-refractivity contribution in [3.05, 3.63) is 75.3 Å². The third kappa shape index (κ3) is 3.46. The van der Waals surface area contributed by atoms with E-state index in [1.165, 1.54) is 6.08 Å². The third-order valence-electron chi connectivity index (χ3n) is 2.74. The molecule has 0 unspecified atom stereocenters. The minimum absolute atomic E-state index is 0.0732. The summed E-state index contributed by atoms with van der Waals surface area (Å²) in [6.07, 6.45) is 3.13. The van der Waals surface area contributed by atoms with Crippen molar-refractivity contribution in [3.8, 4) is 0 Å². The molecule has 0 amide bonds. The average molecular weight is 291 g/mol. The summed E-state index contributed by atoms with van der Waals surface area (Å²) in [5.74, 6) is -0.0732. The number of hydrogen-bond acceptors (Lipinski definition) is 1. The molecular formula is C16H12Cl2O. The second-order valence-corrected chi connectivity index (χ2v) is 5.01. The van der Waals surface area contributed by atoms with Crippen LogP contribution in [0.2, 0.25) is 10.0 Å².